The fourth-order valence-electron chi connectivity index (χ4n) is 3.43. The number of H-pyrrole nitrogens is 1. The molecule has 0 aliphatic carbocycles. The zero-order chi connectivity index (χ0) is 22.9. The van der Waals surface area contributed by atoms with Crippen LogP contribution in [-0.2, 0) is 0 Å². The molecule has 2 aromatic heterocycles. The monoisotopic (exact) mass is 479 g/mol. The van der Waals surface area contributed by atoms with Crippen LogP contribution in [0, 0.1) is 5.82 Å². The predicted molar refractivity (Wildman–Crippen MR) is 132 cm³/mol. The fourth-order valence-corrected chi connectivity index (χ4v) is 4.67. The molecule has 0 saturated heterocycles. The number of benzene rings is 1. The van der Waals surface area contributed by atoms with Gasteiger partial charge in [0.05, 0.1) is 17.6 Å². The summed E-state index contributed by atoms with van der Waals surface area (Å²) < 4.78 is 27.1. The summed E-state index contributed by atoms with van der Waals surface area (Å²) in [6.07, 6.45) is 5.30. The smallest absolute Gasteiger partial charge is 0.251 e. The lowest BCUT2D eigenvalue weighted by Gasteiger charge is -2.16. The molecule has 1 atom stereocenters. The second-order valence-corrected chi connectivity index (χ2v) is 8.79. The molecule has 1 aromatic carbocycles. The topological polar surface area (TPSA) is 97.5 Å². The van der Waals surface area contributed by atoms with Crippen LogP contribution in [0.25, 0.3) is 21.3 Å². The number of fused-ring (bicyclic) bond motifs is 1. The number of hydrazine groups is 1. The van der Waals surface area contributed by atoms with Gasteiger partial charge in [-0.05, 0) is 31.9 Å². The van der Waals surface area contributed by atoms with E-state index in [4.69, 9.17) is 14.8 Å². The lowest BCUT2D eigenvalue weighted by Crippen LogP contribution is -2.29. The molecule has 10 heteroatoms. The van der Waals surface area contributed by atoms with Crippen LogP contribution in [-0.4, -0.2) is 41.4 Å². The zero-order valence-electron chi connectivity index (χ0n) is 18.6. The van der Waals surface area contributed by atoms with Crippen LogP contribution in [0.15, 0.2) is 28.6 Å². The Morgan fingerprint density at radius 2 is 2.22 bits per heavy atom. The van der Waals surface area contributed by atoms with Gasteiger partial charge in [0.25, 0.3) is 5.88 Å². The van der Waals surface area contributed by atoms with Crippen molar-refractivity contribution in [3.63, 3.8) is 0 Å². The Bertz CT molecular complexity index is 1040. The Labute approximate surface area is 196 Å². The molecule has 3 aromatic rings. The molecule has 0 saturated carbocycles. The van der Waals surface area contributed by atoms with Crippen LogP contribution in [0.1, 0.15) is 39.5 Å². The first-order valence-electron chi connectivity index (χ1n) is 10.6. The molecule has 4 N–H and O–H groups in total. The number of aromatic nitrogens is 2. The highest BCUT2D eigenvalue weighted by molar-refractivity contribution is 7.94. The largest absolute Gasteiger partial charge is 0.472 e. The van der Waals surface area contributed by atoms with E-state index in [1.807, 2.05) is 5.38 Å². The third kappa shape index (κ3) is 6.22. The highest BCUT2D eigenvalue weighted by atomic mass is 32.2. The summed E-state index contributed by atoms with van der Waals surface area (Å²) in [5.41, 5.74) is 5.84. The number of aromatic amines is 1. The zero-order valence-corrected chi connectivity index (χ0v) is 20.2. The summed E-state index contributed by atoms with van der Waals surface area (Å²) >= 11 is 2.65. The molecule has 2 heterocycles. The summed E-state index contributed by atoms with van der Waals surface area (Å²) in [5.74, 6) is 6.13. The van der Waals surface area contributed by atoms with E-state index in [0.29, 0.717) is 30.3 Å². The van der Waals surface area contributed by atoms with Crippen LogP contribution in [0.3, 0.4) is 0 Å². The van der Waals surface area contributed by atoms with Gasteiger partial charge in [-0.1, -0.05) is 13.3 Å². The second kappa shape index (κ2) is 12.2. The molecule has 174 valence electrons. The Morgan fingerprint density at radius 3 is 2.94 bits per heavy atom. The SMILES string of the molecule is CCCC(C)=NCCC(CCNN)Oc1n[nH]c2c(-c3ccc(OSC)cc3F)csc12. The van der Waals surface area contributed by atoms with Crippen molar-refractivity contribution in [1.29, 1.82) is 0 Å². The number of nitrogens with two attached hydrogens (primary N) is 1. The third-order valence-corrected chi connectivity index (χ3v) is 6.33. The number of hydrogen-bond acceptors (Lipinski definition) is 8. The van der Waals surface area contributed by atoms with Gasteiger partial charge in [0, 0.05) is 54.1 Å². The number of nitrogens with one attached hydrogen (secondary N) is 2. The highest BCUT2D eigenvalue weighted by Gasteiger charge is 2.20. The second-order valence-electron chi connectivity index (χ2n) is 7.41. The molecule has 1 unspecified atom stereocenters. The standard InChI is InChI=1S/C22H30FN5O2S2/c1-4-5-14(2)25-10-8-15(9-11-26-24)29-22-21-20(27-28-22)18(13-32-21)17-7-6-16(30-31-3)12-19(17)23/h6-7,12-13,15,26H,4-5,8-11,24H2,1-3H3,(H,27,28). The summed E-state index contributed by atoms with van der Waals surface area (Å²) in [4.78, 5) is 4.63. The van der Waals surface area contributed by atoms with E-state index in [-0.39, 0.29) is 11.9 Å². The predicted octanol–water partition coefficient (Wildman–Crippen LogP) is 5.34. The maximum absolute atomic E-state index is 14.7. The van der Waals surface area contributed by atoms with Gasteiger partial charge in [0.1, 0.15) is 22.4 Å². The lowest BCUT2D eigenvalue weighted by molar-refractivity contribution is 0.178. The van der Waals surface area contributed by atoms with Gasteiger partial charge in [-0.15, -0.1) is 16.4 Å². The number of aliphatic imine (C=N–C) groups is 1. The average molecular weight is 480 g/mol. The molecule has 0 bridgehead atoms. The summed E-state index contributed by atoms with van der Waals surface area (Å²) in [7, 11) is 0. The highest BCUT2D eigenvalue weighted by Crippen LogP contribution is 2.39. The Morgan fingerprint density at radius 1 is 1.38 bits per heavy atom. The number of hydrogen-bond donors (Lipinski definition) is 3. The molecule has 32 heavy (non-hydrogen) atoms. The number of rotatable bonds is 13. The molecule has 0 amide bonds. The van der Waals surface area contributed by atoms with E-state index >= 15 is 0 Å². The van der Waals surface area contributed by atoms with Crippen LogP contribution < -0.4 is 20.2 Å². The number of thiophene rings is 1. The molecular formula is C22H30FN5O2S2. The molecule has 0 fully saturated rings. The van der Waals surface area contributed by atoms with Crippen LogP contribution in [0.2, 0.25) is 0 Å². The quantitative estimate of drug-likeness (QED) is 0.133. The number of halogens is 1. The van der Waals surface area contributed by atoms with Crippen LogP contribution >= 0.6 is 23.4 Å². The van der Waals surface area contributed by atoms with E-state index in [9.17, 15) is 4.39 Å². The molecule has 7 nitrogen and oxygen atoms in total. The summed E-state index contributed by atoms with van der Waals surface area (Å²) in [6.45, 7) is 5.53. The minimum atomic E-state index is -0.347. The van der Waals surface area contributed by atoms with Crippen molar-refractivity contribution in [2.45, 2.75) is 45.6 Å². The molecular weight excluding hydrogens is 449 g/mol. The van der Waals surface area contributed by atoms with Crippen molar-refractivity contribution in [2.24, 2.45) is 10.8 Å². The van der Waals surface area contributed by atoms with Crippen LogP contribution in [0.4, 0.5) is 4.39 Å². The maximum Gasteiger partial charge on any atom is 0.251 e. The van der Waals surface area contributed by atoms with Crippen molar-refractivity contribution in [2.75, 3.05) is 19.3 Å². The van der Waals surface area contributed by atoms with E-state index < -0.39 is 0 Å². The normalized spacial score (nSPS) is 13.0. The van der Waals surface area contributed by atoms with Gasteiger partial charge < -0.3 is 8.92 Å². The molecule has 0 aliphatic rings. The molecule has 0 radical (unpaired) electrons. The maximum atomic E-state index is 14.7. The minimum absolute atomic E-state index is 0.0824. The van der Waals surface area contributed by atoms with Gasteiger partial charge in [-0.2, -0.15) is 0 Å². The first kappa shape index (κ1) is 24.5. The first-order valence-corrected chi connectivity index (χ1v) is 12.7. The number of ether oxygens (including phenoxy) is 1. The van der Waals surface area contributed by atoms with Gasteiger partial charge in [0.2, 0.25) is 0 Å². The van der Waals surface area contributed by atoms with Gasteiger partial charge in [0.15, 0.2) is 0 Å². The van der Waals surface area contributed by atoms with Crippen LogP contribution in [0.5, 0.6) is 11.6 Å². The minimum Gasteiger partial charge on any atom is -0.472 e. The van der Waals surface area contributed by atoms with Crippen molar-refractivity contribution in [1.82, 2.24) is 15.6 Å². The molecule has 3 rings (SSSR count). The van der Waals surface area contributed by atoms with E-state index in [1.165, 1.54) is 29.4 Å². The number of nitrogens with zero attached hydrogens (tertiary/aromatic N) is 2. The van der Waals surface area contributed by atoms with Crippen molar-refractivity contribution in [3.05, 3.63) is 29.4 Å². The van der Waals surface area contributed by atoms with Crippen molar-refractivity contribution in [3.8, 4) is 22.8 Å². The lowest BCUT2D eigenvalue weighted by atomic mass is 10.1. The molecule has 0 spiro atoms. The Kier molecular flexibility index (Phi) is 9.34. The summed E-state index contributed by atoms with van der Waals surface area (Å²) in [6, 6.07) is 4.86. The first-order chi connectivity index (χ1) is 15.6. The Balaban J connectivity index is 1.77. The van der Waals surface area contributed by atoms with E-state index in [0.717, 1.165) is 47.2 Å². The van der Waals surface area contributed by atoms with Crippen molar-refractivity contribution < 1.29 is 13.3 Å². The third-order valence-electron chi connectivity index (χ3n) is 5.00. The van der Waals surface area contributed by atoms with E-state index in [2.05, 4.69) is 34.5 Å². The average Bonchev–Trinajstić information content (AvgIpc) is 3.35. The fraction of sp³-hybridized carbons (Fsp3) is 0.455. The Hall–Kier alpha value is -2.14. The van der Waals surface area contributed by atoms with Gasteiger partial charge >= 0.3 is 0 Å². The van der Waals surface area contributed by atoms with Crippen molar-refractivity contribution >= 4 is 39.3 Å². The summed E-state index contributed by atoms with van der Waals surface area (Å²) in [5, 5.41) is 9.30. The molecule has 0 aliphatic heterocycles. The van der Waals surface area contributed by atoms with E-state index in [1.54, 1.807) is 18.4 Å². The van der Waals surface area contributed by atoms with Gasteiger partial charge in [-0.3, -0.25) is 21.4 Å². The van der Waals surface area contributed by atoms with Gasteiger partial charge in [-0.25, -0.2) is 4.39 Å².